The van der Waals surface area contributed by atoms with Crippen molar-refractivity contribution < 1.29 is 17.5 Å². The van der Waals surface area contributed by atoms with E-state index in [0.717, 1.165) is 36.0 Å². The molecule has 0 saturated carbocycles. The maximum atomic E-state index is 13.7. The summed E-state index contributed by atoms with van der Waals surface area (Å²) in [6.45, 7) is 6.86. The third kappa shape index (κ3) is 7.98. The number of nitro groups is 1. The van der Waals surface area contributed by atoms with E-state index in [-0.39, 0.29) is 27.3 Å². The van der Waals surface area contributed by atoms with Gasteiger partial charge in [-0.05, 0) is 0 Å². The molecule has 1 fully saturated rings. The third-order valence-corrected chi connectivity index (χ3v) is 28.7. The molecule has 7 nitrogen and oxygen atoms in total. The topological polar surface area (TPSA) is 89.5 Å². The van der Waals surface area contributed by atoms with Gasteiger partial charge in [0.25, 0.3) is 0 Å². The number of hydrogen-bond acceptors (Lipinski definition) is 6. The number of nitrogens with zero attached hydrogens (tertiary/aromatic N) is 2. The van der Waals surface area contributed by atoms with Crippen LogP contribution in [0.5, 0.6) is 0 Å². The fraction of sp³-hybridized carbons (Fsp3) is 0.400. The molecule has 9 heteroatoms. The van der Waals surface area contributed by atoms with Crippen LogP contribution >= 0.6 is 0 Å². The van der Waals surface area contributed by atoms with Crippen LogP contribution in [0.15, 0.2) is 120 Å². The fourth-order valence-electron chi connectivity index (χ4n) is 7.96. The Morgan fingerprint density at radius 2 is 1.10 bits per heavy atom. The molecule has 1 aliphatic heterocycles. The second-order valence-corrected chi connectivity index (χ2v) is 28.8. The third-order valence-electron chi connectivity index (χ3n) is 10.3. The summed E-state index contributed by atoms with van der Waals surface area (Å²) in [5.74, 6) is 0. The number of rotatable bonds is 19. The predicted octanol–water partition coefficient (Wildman–Crippen LogP) is 9.73. The van der Waals surface area contributed by atoms with Crippen LogP contribution < -0.4 is 0 Å². The van der Waals surface area contributed by atoms with E-state index < -0.39 is 39.0 Å². The van der Waals surface area contributed by atoms with Gasteiger partial charge in [0.15, 0.2) is 0 Å². The Bertz CT molecular complexity index is 1620. The first kappa shape index (κ1) is 37.2. The zero-order chi connectivity index (χ0) is 34.9. The van der Waals surface area contributed by atoms with Crippen molar-refractivity contribution >= 4 is 34.2 Å². The molecule has 1 aliphatic rings. The summed E-state index contributed by atoms with van der Waals surface area (Å²) >= 11 is -3.12. The van der Waals surface area contributed by atoms with Crippen LogP contribution in [0.4, 0.5) is 5.69 Å². The molecule has 0 aromatic heterocycles. The molecule has 0 amide bonds. The first-order valence-corrected chi connectivity index (χ1v) is 26.9. The van der Waals surface area contributed by atoms with Crippen molar-refractivity contribution in [3.8, 4) is 0 Å². The van der Waals surface area contributed by atoms with Crippen LogP contribution in [0.2, 0.25) is 13.3 Å². The first-order chi connectivity index (χ1) is 23.7. The molecule has 0 radical (unpaired) electrons. The van der Waals surface area contributed by atoms with E-state index in [0.29, 0.717) is 0 Å². The molecule has 260 valence electrons. The summed E-state index contributed by atoms with van der Waals surface area (Å²) in [5, 5.41) is 11.2. The van der Waals surface area contributed by atoms with Gasteiger partial charge in [0.1, 0.15) is 0 Å². The molecule has 1 saturated heterocycles. The summed E-state index contributed by atoms with van der Waals surface area (Å²) in [6.07, 6.45) is 6.99. The summed E-state index contributed by atoms with van der Waals surface area (Å²) < 4.78 is 37.5. The molecule has 1 heterocycles. The Labute approximate surface area is 296 Å². The summed E-state index contributed by atoms with van der Waals surface area (Å²) in [7, 11) is -4.17. The molecule has 49 heavy (non-hydrogen) atoms. The zero-order valence-electron chi connectivity index (χ0n) is 29.0. The van der Waals surface area contributed by atoms with E-state index >= 15 is 0 Å². The molecule has 0 aliphatic carbocycles. The second-order valence-electron chi connectivity index (χ2n) is 13.4. The summed E-state index contributed by atoms with van der Waals surface area (Å²) in [4.78, 5) is 13.3. The molecule has 0 N–H and O–H groups in total. The molecule has 5 rings (SSSR count). The number of unbranched alkanes of at least 4 members (excludes halogenated alkanes) is 3. The molecule has 1 unspecified atom stereocenters. The Morgan fingerprint density at radius 3 is 1.47 bits per heavy atom. The summed E-state index contributed by atoms with van der Waals surface area (Å²) in [5.41, 5.74) is 2.64. The van der Waals surface area contributed by atoms with Crippen LogP contribution in [-0.2, 0) is 19.8 Å². The van der Waals surface area contributed by atoms with E-state index in [1.165, 1.54) is 56.8 Å². The molecular formula is C40H50N2O5SSn. The average molecular weight is 790 g/mol. The molecular weight excluding hydrogens is 739 g/mol. The molecule has 0 spiro atoms. The average Bonchev–Trinajstić information content (AvgIpc) is 3.87. The summed E-state index contributed by atoms with van der Waals surface area (Å²) in [6, 6.07) is 36.9. The van der Waals surface area contributed by atoms with Crippen molar-refractivity contribution in [3.63, 3.8) is 0 Å². The van der Waals surface area contributed by atoms with Gasteiger partial charge in [-0.25, -0.2) is 0 Å². The van der Waals surface area contributed by atoms with Gasteiger partial charge in [-0.15, -0.1) is 0 Å². The minimum atomic E-state index is -4.17. The molecule has 3 atom stereocenters. The van der Waals surface area contributed by atoms with Crippen molar-refractivity contribution in [1.29, 1.82) is 0 Å². The number of hydrogen-bond donors (Lipinski definition) is 0. The van der Waals surface area contributed by atoms with Gasteiger partial charge < -0.3 is 0 Å². The van der Waals surface area contributed by atoms with E-state index in [1.807, 2.05) is 0 Å². The monoisotopic (exact) mass is 790 g/mol. The van der Waals surface area contributed by atoms with Gasteiger partial charge in [0.2, 0.25) is 0 Å². The van der Waals surface area contributed by atoms with E-state index in [2.05, 4.69) is 117 Å². The number of nitro benzene ring substituents is 1. The van der Waals surface area contributed by atoms with Crippen LogP contribution in [0.3, 0.4) is 0 Å². The van der Waals surface area contributed by atoms with Crippen molar-refractivity contribution in [3.05, 3.63) is 142 Å². The van der Waals surface area contributed by atoms with E-state index in [4.69, 9.17) is 4.18 Å². The van der Waals surface area contributed by atoms with Crippen LogP contribution in [0.1, 0.15) is 76.0 Å². The van der Waals surface area contributed by atoms with Crippen LogP contribution in [0, 0.1) is 10.1 Å². The van der Waals surface area contributed by atoms with Gasteiger partial charge in [-0.1, -0.05) is 0 Å². The molecule has 0 bridgehead atoms. The van der Waals surface area contributed by atoms with Gasteiger partial charge in [0.05, 0.1) is 0 Å². The van der Waals surface area contributed by atoms with Crippen molar-refractivity contribution in [2.45, 2.75) is 93.1 Å². The molecule has 4 aromatic carbocycles. The second kappa shape index (κ2) is 16.8. The SMILES string of the molecule is CCC[CH2][Sn]([CH2]CCC)([CH2]CCC)[C@@H]1[C@H](COS(=O)(=O)c2ccc([N+](=O)[O-])cc2)N1C(c1ccccc1)(c1ccccc1)c1ccccc1. The van der Waals surface area contributed by atoms with Crippen molar-refractivity contribution in [1.82, 2.24) is 4.90 Å². The Balaban J connectivity index is 1.70. The van der Waals surface area contributed by atoms with E-state index in [9.17, 15) is 18.5 Å². The maximum absolute atomic E-state index is 13.7. The van der Waals surface area contributed by atoms with Gasteiger partial charge in [0, 0.05) is 0 Å². The predicted molar refractivity (Wildman–Crippen MR) is 200 cm³/mol. The van der Waals surface area contributed by atoms with Crippen molar-refractivity contribution in [2.75, 3.05) is 6.61 Å². The van der Waals surface area contributed by atoms with Crippen molar-refractivity contribution in [2.24, 2.45) is 0 Å². The Hall–Kier alpha value is -3.05. The fourth-order valence-corrected chi connectivity index (χ4v) is 28.2. The van der Waals surface area contributed by atoms with Crippen LogP contribution in [-0.4, -0.2) is 53.3 Å². The molecule has 4 aromatic rings. The quantitative estimate of drug-likeness (QED) is 0.0235. The normalized spacial score (nSPS) is 17.9. The van der Waals surface area contributed by atoms with Gasteiger partial charge in [-0.3, -0.25) is 0 Å². The number of benzene rings is 4. The minimum absolute atomic E-state index is 0.0291. The van der Waals surface area contributed by atoms with Gasteiger partial charge in [-0.2, -0.15) is 0 Å². The standard InChI is InChI=1S/C28H23N2O5S.3C4H9.Sn/c31-30(32)25-16-18-27(19-17-25)36(33,34)35-21-26-20-29(26)28(22-10-4-1-5-11-22,23-12-6-2-7-13-23)24-14-8-3-9-15-24;3*1-3-4-2;/h1-20,26H,21H2;3*1,3-4H2,2H3;/t26-,29?;;;;/m1..../s1. The first-order valence-electron chi connectivity index (χ1n) is 17.8. The number of non-ortho nitro benzene ring substituents is 1. The zero-order valence-corrected chi connectivity index (χ0v) is 32.7. The van der Waals surface area contributed by atoms with Gasteiger partial charge >= 0.3 is 298 Å². The Morgan fingerprint density at radius 1 is 0.694 bits per heavy atom. The Kier molecular flexibility index (Phi) is 12.7. The van der Waals surface area contributed by atoms with E-state index in [1.54, 1.807) is 0 Å². The van der Waals surface area contributed by atoms with Crippen LogP contribution in [0.25, 0.3) is 0 Å².